The topological polar surface area (TPSA) is 72.2 Å². The number of pyridine rings is 1. The number of carbonyl (C=O) groups is 1. The Balaban J connectivity index is 1.82. The first-order valence-electron chi connectivity index (χ1n) is 10.5. The van der Waals surface area contributed by atoms with Crippen molar-refractivity contribution in [1.82, 2.24) is 4.98 Å². The fourth-order valence-electron chi connectivity index (χ4n) is 3.35. The van der Waals surface area contributed by atoms with E-state index >= 15 is 0 Å². The van der Waals surface area contributed by atoms with Crippen LogP contribution in [0, 0.1) is 11.3 Å². The molecule has 0 aliphatic rings. The molecule has 176 valence electrons. The van der Waals surface area contributed by atoms with Gasteiger partial charge in [0.15, 0.2) is 0 Å². The lowest BCUT2D eigenvalue weighted by molar-refractivity contribution is -0.137. The molecular formula is C26H23F3N2O3. The van der Waals surface area contributed by atoms with E-state index in [1.165, 1.54) is 12.1 Å². The molecule has 0 aliphatic heterocycles. The largest absolute Gasteiger partial charge is 0.491 e. The zero-order valence-electron chi connectivity index (χ0n) is 18.9. The maximum absolute atomic E-state index is 12.8. The van der Waals surface area contributed by atoms with E-state index in [4.69, 9.17) is 9.47 Å². The molecular weight excluding hydrogens is 445 g/mol. The highest BCUT2D eigenvalue weighted by Crippen LogP contribution is 2.33. The maximum Gasteiger partial charge on any atom is 0.416 e. The molecule has 0 saturated carbocycles. The summed E-state index contributed by atoms with van der Waals surface area (Å²) in [7, 11) is 0. The first-order chi connectivity index (χ1) is 16.1. The zero-order valence-corrected chi connectivity index (χ0v) is 18.9. The lowest BCUT2D eigenvalue weighted by Gasteiger charge is -2.26. The first-order valence-corrected chi connectivity index (χ1v) is 10.5. The summed E-state index contributed by atoms with van der Waals surface area (Å²) in [6.07, 6.45) is -2.86. The van der Waals surface area contributed by atoms with Crippen LogP contribution in [0.4, 0.5) is 13.2 Å². The summed E-state index contributed by atoms with van der Waals surface area (Å²) in [6.45, 7) is 5.74. The Morgan fingerprint density at radius 1 is 1.06 bits per heavy atom. The minimum Gasteiger partial charge on any atom is -0.491 e. The second kappa shape index (κ2) is 9.96. The smallest absolute Gasteiger partial charge is 0.416 e. The molecule has 0 aliphatic carbocycles. The summed E-state index contributed by atoms with van der Waals surface area (Å²) < 4.78 is 49.5. The first kappa shape index (κ1) is 24.8. The van der Waals surface area contributed by atoms with E-state index in [-0.39, 0.29) is 24.3 Å². The van der Waals surface area contributed by atoms with Crippen molar-refractivity contribution in [2.24, 2.45) is 0 Å². The molecule has 1 heterocycles. The molecule has 34 heavy (non-hydrogen) atoms. The van der Waals surface area contributed by atoms with E-state index in [0.717, 1.165) is 12.1 Å². The number of carbonyl (C=O) groups excluding carboxylic acids is 1. The third-order valence-electron chi connectivity index (χ3n) is 5.26. The Labute approximate surface area is 195 Å². The number of ether oxygens (including phenoxy) is 2. The van der Waals surface area contributed by atoms with Crippen LogP contribution in [-0.4, -0.2) is 24.2 Å². The number of nitriles is 1. The number of alkyl halides is 3. The number of esters is 1. The highest BCUT2D eigenvalue weighted by Gasteiger charge is 2.31. The van der Waals surface area contributed by atoms with Gasteiger partial charge in [-0.2, -0.15) is 18.4 Å². The highest BCUT2D eigenvalue weighted by molar-refractivity contribution is 5.96. The van der Waals surface area contributed by atoms with E-state index in [9.17, 15) is 23.2 Å². The second-order valence-electron chi connectivity index (χ2n) is 8.19. The van der Waals surface area contributed by atoms with Crippen molar-refractivity contribution in [2.75, 3.05) is 13.2 Å². The number of hydrogen-bond donors (Lipinski definition) is 0. The minimum atomic E-state index is -4.40. The fraction of sp³-hybridized carbons (Fsp3) is 0.269. The summed E-state index contributed by atoms with van der Waals surface area (Å²) in [6, 6.07) is 15.1. The van der Waals surface area contributed by atoms with Gasteiger partial charge in [-0.25, -0.2) is 4.79 Å². The molecule has 0 atom stereocenters. The average molecular weight is 468 g/mol. The Morgan fingerprint density at radius 3 is 2.35 bits per heavy atom. The van der Waals surface area contributed by atoms with Gasteiger partial charge in [-0.1, -0.05) is 26.0 Å². The Kier molecular flexibility index (Phi) is 7.26. The van der Waals surface area contributed by atoms with E-state index in [0.29, 0.717) is 22.6 Å². The molecule has 0 fully saturated rings. The van der Waals surface area contributed by atoms with Crippen molar-refractivity contribution in [2.45, 2.75) is 32.4 Å². The lowest BCUT2D eigenvalue weighted by Crippen LogP contribution is -2.26. The molecule has 5 nitrogen and oxygen atoms in total. The second-order valence-corrected chi connectivity index (χ2v) is 8.19. The van der Waals surface area contributed by atoms with E-state index in [2.05, 4.69) is 11.1 Å². The van der Waals surface area contributed by atoms with Gasteiger partial charge >= 0.3 is 12.1 Å². The van der Waals surface area contributed by atoms with Crippen LogP contribution in [0.1, 0.15) is 47.8 Å². The van der Waals surface area contributed by atoms with Gasteiger partial charge in [-0.3, -0.25) is 4.98 Å². The number of rotatable bonds is 7. The summed E-state index contributed by atoms with van der Waals surface area (Å²) in [4.78, 5) is 16.5. The average Bonchev–Trinajstić information content (AvgIpc) is 2.82. The number of benzene rings is 2. The van der Waals surface area contributed by atoms with Crippen molar-refractivity contribution in [3.63, 3.8) is 0 Å². The predicted molar refractivity (Wildman–Crippen MR) is 120 cm³/mol. The summed E-state index contributed by atoms with van der Waals surface area (Å²) in [5.41, 5.74) is 0.790. The zero-order chi connectivity index (χ0) is 24.9. The monoisotopic (exact) mass is 468 g/mol. The predicted octanol–water partition coefficient (Wildman–Crippen LogP) is 6.17. The molecule has 8 heteroatoms. The molecule has 1 aromatic heterocycles. The molecule has 0 bridgehead atoms. The maximum atomic E-state index is 12.8. The molecule has 0 radical (unpaired) electrons. The molecule has 0 unspecified atom stereocenters. The molecule has 3 aromatic rings. The van der Waals surface area contributed by atoms with Crippen molar-refractivity contribution in [3.8, 4) is 23.1 Å². The third-order valence-corrected chi connectivity index (χ3v) is 5.26. The van der Waals surface area contributed by atoms with Crippen LogP contribution in [0.15, 0.2) is 60.8 Å². The molecule has 0 spiro atoms. The van der Waals surface area contributed by atoms with Crippen LogP contribution in [0.3, 0.4) is 0 Å². The van der Waals surface area contributed by atoms with Gasteiger partial charge in [0.25, 0.3) is 0 Å². The number of halogens is 3. The number of hydrogen-bond acceptors (Lipinski definition) is 5. The minimum absolute atomic E-state index is 0.129. The van der Waals surface area contributed by atoms with E-state index in [1.54, 1.807) is 43.5 Å². The lowest BCUT2D eigenvalue weighted by atomic mass is 9.85. The molecule has 0 saturated heterocycles. The molecule has 0 N–H and O–H groups in total. The highest BCUT2D eigenvalue weighted by atomic mass is 19.4. The van der Waals surface area contributed by atoms with E-state index < -0.39 is 23.1 Å². The van der Waals surface area contributed by atoms with Gasteiger partial charge in [0.05, 0.1) is 35.6 Å². The quantitative estimate of drug-likeness (QED) is 0.388. The van der Waals surface area contributed by atoms with Gasteiger partial charge < -0.3 is 9.47 Å². The normalized spacial score (nSPS) is 11.6. The van der Waals surface area contributed by atoms with E-state index in [1.807, 2.05) is 13.8 Å². The standard InChI is InChI=1S/C26H23F3N2O3/c1-4-33-24(32)21-6-5-13-31-23(21)17-7-12-22(18(14-17)15-30)34-16-25(2,3)19-8-10-20(11-9-19)26(27,28)29/h5-14H,4,16H2,1-3H3. The van der Waals surface area contributed by atoms with Crippen molar-refractivity contribution in [1.29, 1.82) is 5.26 Å². The van der Waals surface area contributed by atoms with Gasteiger partial charge in [0, 0.05) is 17.2 Å². The van der Waals surface area contributed by atoms with Gasteiger partial charge in [0.1, 0.15) is 11.8 Å². The van der Waals surface area contributed by atoms with Gasteiger partial charge in [-0.15, -0.1) is 0 Å². The van der Waals surface area contributed by atoms with Gasteiger partial charge in [0.2, 0.25) is 0 Å². The number of aromatic nitrogens is 1. The van der Waals surface area contributed by atoms with Crippen LogP contribution in [-0.2, 0) is 16.3 Å². The van der Waals surface area contributed by atoms with Crippen molar-refractivity contribution < 1.29 is 27.4 Å². The number of nitrogens with zero attached hydrogens (tertiary/aromatic N) is 2. The van der Waals surface area contributed by atoms with Crippen molar-refractivity contribution in [3.05, 3.63) is 83.0 Å². The summed E-state index contributed by atoms with van der Waals surface area (Å²) in [5.74, 6) is -0.192. The van der Waals surface area contributed by atoms with Crippen LogP contribution in [0.5, 0.6) is 5.75 Å². The van der Waals surface area contributed by atoms with Crippen molar-refractivity contribution >= 4 is 5.97 Å². The van der Waals surface area contributed by atoms with Crippen LogP contribution in [0.25, 0.3) is 11.3 Å². The Bertz CT molecular complexity index is 1210. The van der Waals surface area contributed by atoms with Crippen LogP contribution < -0.4 is 4.74 Å². The van der Waals surface area contributed by atoms with Crippen LogP contribution in [0.2, 0.25) is 0 Å². The third kappa shape index (κ3) is 5.54. The van der Waals surface area contributed by atoms with Crippen LogP contribution >= 0.6 is 0 Å². The molecule has 0 amide bonds. The Morgan fingerprint density at radius 2 is 1.74 bits per heavy atom. The summed E-state index contributed by atoms with van der Waals surface area (Å²) >= 11 is 0. The van der Waals surface area contributed by atoms with Gasteiger partial charge in [-0.05, 0) is 55.0 Å². The summed E-state index contributed by atoms with van der Waals surface area (Å²) in [5, 5.41) is 9.66. The fourth-order valence-corrected chi connectivity index (χ4v) is 3.35. The Hall–Kier alpha value is -3.86. The molecule has 3 rings (SSSR count). The molecule has 2 aromatic carbocycles. The SMILES string of the molecule is CCOC(=O)c1cccnc1-c1ccc(OCC(C)(C)c2ccc(C(F)(F)F)cc2)c(C#N)c1.